The molecular weight excluding hydrogens is 215 g/mol. The molecule has 0 bridgehead atoms. The molecule has 0 aliphatic carbocycles. The van der Waals surface area contributed by atoms with Crippen LogP contribution in [0, 0.1) is 5.82 Å². The average Bonchev–Trinajstić information content (AvgIpc) is 2.78. The number of hydrogen-bond acceptors (Lipinski definition) is 5. The van der Waals surface area contributed by atoms with Gasteiger partial charge in [0.2, 0.25) is 5.89 Å². The maximum absolute atomic E-state index is 12.6. The third-order valence-electron chi connectivity index (χ3n) is 1.88. The maximum atomic E-state index is 12.6. The molecule has 5 nitrogen and oxygen atoms in total. The molecule has 0 aliphatic rings. The fraction of sp³-hybridized carbons (Fsp3) is 0.100. The van der Waals surface area contributed by atoms with Crippen LogP contribution in [0.5, 0.6) is 0 Å². The van der Waals surface area contributed by atoms with Crippen LogP contribution in [-0.2, 0) is 4.74 Å². The summed E-state index contributed by atoms with van der Waals surface area (Å²) in [5.74, 6) is -1.17. The van der Waals surface area contributed by atoms with Crippen molar-refractivity contribution in [2.45, 2.75) is 0 Å². The Labute approximate surface area is 89.9 Å². The predicted molar refractivity (Wildman–Crippen MR) is 51.0 cm³/mol. The van der Waals surface area contributed by atoms with Gasteiger partial charge in [-0.3, -0.25) is 0 Å². The van der Waals surface area contributed by atoms with Gasteiger partial charge in [0.1, 0.15) is 5.82 Å². The van der Waals surface area contributed by atoms with E-state index >= 15 is 0 Å². The van der Waals surface area contributed by atoms with E-state index in [1.54, 1.807) is 0 Å². The van der Waals surface area contributed by atoms with Crippen molar-refractivity contribution in [3.8, 4) is 11.5 Å². The third kappa shape index (κ3) is 1.90. The monoisotopic (exact) mass is 222 g/mol. The lowest BCUT2D eigenvalue weighted by molar-refractivity contribution is 0.0556. The van der Waals surface area contributed by atoms with Gasteiger partial charge in [-0.2, -0.15) is 0 Å². The molecule has 0 N–H and O–H groups in total. The van der Waals surface area contributed by atoms with Crippen molar-refractivity contribution in [1.29, 1.82) is 0 Å². The number of rotatable bonds is 2. The van der Waals surface area contributed by atoms with Gasteiger partial charge in [-0.1, -0.05) is 0 Å². The zero-order valence-electron chi connectivity index (χ0n) is 8.31. The Bertz CT molecular complexity index is 507. The average molecular weight is 222 g/mol. The number of carbonyl (C=O) groups is 1. The SMILES string of the molecule is COC(=O)c1nnc(-c2ccc(F)cc2)o1. The van der Waals surface area contributed by atoms with E-state index in [9.17, 15) is 9.18 Å². The number of methoxy groups -OCH3 is 1. The topological polar surface area (TPSA) is 65.2 Å². The van der Waals surface area contributed by atoms with Gasteiger partial charge in [0, 0.05) is 5.56 Å². The molecule has 0 saturated heterocycles. The molecule has 1 aromatic carbocycles. The molecule has 0 amide bonds. The predicted octanol–water partition coefficient (Wildman–Crippen LogP) is 1.66. The highest BCUT2D eigenvalue weighted by molar-refractivity contribution is 5.84. The van der Waals surface area contributed by atoms with Crippen molar-refractivity contribution in [2.24, 2.45) is 0 Å². The Morgan fingerprint density at radius 2 is 2.00 bits per heavy atom. The van der Waals surface area contributed by atoms with E-state index in [-0.39, 0.29) is 17.6 Å². The summed E-state index contributed by atoms with van der Waals surface area (Å²) in [4.78, 5) is 11.0. The summed E-state index contributed by atoms with van der Waals surface area (Å²) < 4.78 is 22.1. The van der Waals surface area contributed by atoms with Crippen LogP contribution in [0.25, 0.3) is 11.5 Å². The van der Waals surface area contributed by atoms with Gasteiger partial charge in [0.25, 0.3) is 0 Å². The van der Waals surface area contributed by atoms with Gasteiger partial charge in [0.15, 0.2) is 0 Å². The molecule has 0 spiro atoms. The number of ether oxygens (including phenoxy) is 1. The van der Waals surface area contributed by atoms with E-state index in [2.05, 4.69) is 14.9 Å². The van der Waals surface area contributed by atoms with Crippen molar-refractivity contribution < 1.29 is 18.3 Å². The highest BCUT2D eigenvalue weighted by atomic mass is 19.1. The Hall–Kier alpha value is -2.24. The van der Waals surface area contributed by atoms with Crippen molar-refractivity contribution >= 4 is 5.97 Å². The summed E-state index contributed by atoms with van der Waals surface area (Å²) in [5.41, 5.74) is 0.532. The number of aromatic nitrogens is 2. The zero-order chi connectivity index (χ0) is 11.5. The molecule has 6 heteroatoms. The molecule has 82 valence electrons. The molecule has 0 unspecified atom stereocenters. The lowest BCUT2D eigenvalue weighted by Crippen LogP contribution is -2.00. The van der Waals surface area contributed by atoms with E-state index in [4.69, 9.17) is 4.42 Å². The smallest absolute Gasteiger partial charge is 0.396 e. The second-order valence-corrected chi connectivity index (χ2v) is 2.91. The lowest BCUT2D eigenvalue weighted by Gasteiger charge is -1.93. The van der Waals surface area contributed by atoms with Gasteiger partial charge < -0.3 is 9.15 Å². The number of nitrogens with zero attached hydrogens (tertiary/aromatic N) is 2. The van der Waals surface area contributed by atoms with Gasteiger partial charge in [-0.25, -0.2) is 9.18 Å². The van der Waals surface area contributed by atoms with E-state index in [0.29, 0.717) is 5.56 Å². The van der Waals surface area contributed by atoms with Crippen LogP contribution in [-0.4, -0.2) is 23.3 Å². The van der Waals surface area contributed by atoms with Crippen LogP contribution in [0.2, 0.25) is 0 Å². The Kier molecular flexibility index (Phi) is 2.63. The molecule has 0 radical (unpaired) electrons. The van der Waals surface area contributed by atoms with Crippen molar-refractivity contribution in [2.75, 3.05) is 7.11 Å². The summed E-state index contributed by atoms with van der Waals surface area (Å²) in [6.07, 6.45) is 0. The minimum absolute atomic E-state index is 0.139. The van der Waals surface area contributed by atoms with Crippen molar-refractivity contribution in [3.05, 3.63) is 36.0 Å². The van der Waals surface area contributed by atoms with E-state index < -0.39 is 5.97 Å². The van der Waals surface area contributed by atoms with E-state index in [1.165, 1.54) is 31.4 Å². The van der Waals surface area contributed by atoms with Crippen LogP contribution in [0.1, 0.15) is 10.7 Å². The fourth-order valence-corrected chi connectivity index (χ4v) is 1.10. The van der Waals surface area contributed by atoms with Crippen LogP contribution < -0.4 is 0 Å². The minimum Gasteiger partial charge on any atom is -0.462 e. The van der Waals surface area contributed by atoms with Gasteiger partial charge >= 0.3 is 11.9 Å². The van der Waals surface area contributed by atoms with Gasteiger partial charge in [-0.15, -0.1) is 10.2 Å². The first kappa shape index (κ1) is 10.3. The highest BCUT2D eigenvalue weighted by Crippen LogP contribution is 2.18. The molecule has 2 rings (SSSR count). The molecule has 1 aromatic heterocycles. The maximum Gasteiger partial charge on any atom is 0.396 e. The standard InChI is InChI=1S/C10H7FN2O3/c1-15-10(14)9-13-12-8(16-9)6-2-4-7(11)5-3-6/h2-5H,1H3. The zero-order valence-corrected chi connectivity index (χ0v) is 8.31. The molecular formula is C10H7FN2O3. The van der Waals surface area contributed by atoms with E-state index in [0.717, 1.165) is 0 Å². The van der Waals surface area contributed by atoms with Crippen LogP contribution in [0.3, 0.4) is 0 Å². The molecule has 2 aromatic rings. The number of halogens is 1. The second kappa shape index (κ2) is 4.09. The Balaban J connectivity index is 2.31. The largest absolute Gasteiger partial charge is 0.462 e. The molecule has 0 fully saturated rings. The summed E-state index contributed by atoms with van der Waals surface area (Å²) in [7, 11) is 1.21. The normalized spacial score (nSPS) is 10.1. The lowest BCUT2D eigenvalue weighted by atomic mass is 10.2. The van der Waals surface area contributed by atoms with Crippen LogP contribution >= 0.6 is 0 Å². The number of esters is 1. The van der Waals surface area contributed by atoms with Gasteiger partial charge in [0.05, 0.1) is 7.11 Å². The molecule has 0 atom stereocenters. The molecule has 0 aliphatic heterocycles. The van der Waals surface area contributed by atoms with E-state index in [1.807, 2.05) is 0 Å². The quantitative estimate of drug-likeness (QED) is 0.723. The Morgan fingerprint density at radius 3 is 2.62 bits per heavy atom. The summed E-state index contributed by atoms with van der Waals surface area (Å²) >= 11 is 0. The van der Waals surface area contributed by atoms with Crippen LogP contribution in [0.15, 0.2) is 28.7 Å². The molecule has 16 heavy (non-hydrogen) atoms. The van der Waals surface area contributed by atoms with Crippen molar-refractivity contribution in [1.82, 2.24) is 10.2 Å². The molecule has 0 saturated carbocycles. The fourth-order valence-electron chi connectivity index (χ4n) is 1.10. The number of carbonyl (C=O) groups excluding carboxylic acids is 1. The first-order valence-electron chi connectivity index (χ1n) is 4.38. The van der Waals surface area contributed by atoms with Crippen LogP contribution in [0.4, 0.5) is 4.39 Å². The number of benzene rings is 1. The minimum atomic E-state index is -0.708. The highest BCUT2D eigenvalue weighted by Gasteiger charge is 2.15. The summed E-state index contributed by atoms with van der Waals surface area (Å²) in [5, 5.41) is 7.15. The van der Waals surface area contributed by atoms with Crippen molar-refractivity contribution in [3.63, 3.8) is 0 Å². The first-order chi connectivity index (χ1) is 7.70. The summed E-state index contributed by atoms with van der Waals surface area (Å²) in [6, 6.07) is 5.47. The second-order valence-electron chi connectivity index (χ2n) is 2.91. The Morgan fingerprint density at radius 1 is 1.31 bits per heavy atom. The molecule has 1 heterocycles. The van der Waals surface area contributed by atoms with Gasteiger partial charge in [-0.05, 0) is 24.3 Å². The first-order valence-corrected chi connectivity index (χ1v) is 4.38. The number of hydrogen-bond donors (Lipinski definition) is 0. The summed E-state index contributed by atoms with van der Waals surface area (Å²) in [6.45, 7) is 0. The third-order valence-corrected chi connectivity index (χ3v) is 1.88.